The first kappa shape index (κ1) is 16.4. The molecule has 2 atom stereocenters. The van der Waals surface area contributed by atoms with Crippen LogP contribution in [0.25, 0.3) is 0 Å². The smallest absolute Gasteiger partial charge is 0.274 e. The van der Waals surface area contributed by atoms with Gasteiger partial charge in [-0.2, -0.15) is 8.42 Å². The van der Waals surface area contributed by atoms with Crippen LogP contribution >= 0.6 is 0 Å². The molecule has 0 bridgehead atoms. The van der Waals surface area contributed by atoms with Gasteiger partial charge in [-0.05, 0) is 44.7 Å². The van der Waals surface area contributed by atoms with E-state index < -0.39 is 10.2 Å². The van der Waals surface area contributed by atoms with Crippen LogP contribution in [0.5, 0.6) is 0 Å². The van der Waals surface area contributed by atoms with Crippen LogP contribution in [-0.4, -0.2) is 33.0 Å². The van der Waals surface area contributed by atoms with Gasteiger partial charge in [0.15, 0.2) is 0 Å². The van der Waals surface area contributed by atoms with E-state index in [4.69, 9.17) is 5.14 Å². The summed E-state index contributed by atoms with van der Waals surface area (Å²) in [6.07, 6.45) is 2.13. The molecule has 1 aromatic carbocycles. The van der Waals surface area contributed by atoms with Gasteiger partial charge in [-0.15, -0.1) is 0 Å². The molecule has 1 saturated heterocycles. The summed E-state index contributed by atoms with van der Waals surface area (Å²) >= 11 is 0. The van der Waals surface area contributed by atoms with Crippen molar-refractivity contribution < 1.29 is 8.42 Å². The van der Waals surface area contributed by atoms with Crippen LogP contribution in [0.4, 0.5) is 0 Å². The third kappa shape index (κ3) is 5.07. The number of hydrogen-bond acceptors (Lipinski definition) is 3. The Hall–Kier alpha value is -0.950. The van der Waals surface area contributed by atoms with Gasteiger partial charge in [0, 0.05) is 19.1 Å². The van der Waals surface area contributed by atoms with E-state index in [0.717, 1.165) is 25.9 Å². The standard InChI is InChI=1S/C15H25N3O2S/c1-12-5-3-7-15(9-12)13(2)18-8-4-6-14(11-18)10-17-21(16,19)20/h3,5,7,9,13-14,17H,4,6,8,10-11H2,1-2H3,(H2,16,19,20)/t13-,14-/m0/s1. The highest BCUT2D eigenvalue weighted by Gasteiger charge is 2.24. The molecule has 0 saturated carbocycles. The van der Waals surface area contributed by atoms with E-state index in [-0.39, 0.29) is 0 Å². The molecule has 1 aliphatic rings. The van der Waals surface area contributed by atoms with Gasteiger partial charge in [-0.25, -0.2) is 9.86 Å². The second kappa shape index (κ2) is 6.87. The fourth-order valence-electron chi connectivity index (χ4n) is 2.99. The van der Waals surface area contributed by atoms with Crippen LogP contribution in [0, 0.1) is 12.8 Å². The maximum atomic E-state index is 11.0. The zero-order chi connectivity index (χ0) is 15.5. The van der Waals surface area contributed by atoms with Crippen molar-refractivity contribution >= 4 is 10.2 Å². The highest BCUT2D eigenvalue weighted by molar-refractivity contribution is 7.87. The zero-order valence-corrected chi connectivity index (χ0v) is 13.6. The fourth-order valence-corrected chi connectivity index (χ4v) is 3.46. The molecule has 0 aliphatic carbocycles. The van der Waals surface area contributed by atoms with Crippen LogP contribution in [0.3, 0.4) is 0 Å². The Morgan fingerprint density at radius 3 is 2.90 bits per heavy atom. The molecule has 1 fully saturated rings. The minimum absolute atomic E-state index is 0.323. The number of nitrogens with two attached hydrogens (primary N) is 1. The summed E-state index contributed by atoms with van der Waals surface area (Å²) in [6.45, 7) is 6.70. The summed E-state index contributed by atoms with van der Waals surface area (Å²) in [5, 5.41) is 5.00. The van der Waals surface area contributed by atoms with E-state index in [1.807, 2.05) is 0 Å². The lowest BCUT2D eigenvalue weighted by Gasteiger charge is -2.37. The number of benzene rings is 1. The van der Waals surface area contributed by atoms with Gasteiger partial charge in [-0.1, -0.05) is 29.8 Å². The first-order valence-electron chi connectivity index (χ1n) is 7.43. The minimum atomic E-state index is -3.59. The number of nitrogens with zero attached hydrogens (tertiary/aromatic N) is 1. The van der Waals surface area contributed by atoms with Gasteiger partial charge < -0.3 is 0 Å². The lowest BCUT2D eigenvalue weighted by atomic mass is 9.95. The second-order valence-electron chi connectivity index (χ2n) is 5.99. The predicted molar refractivity (Wildman–Crippen MR) is 85.0 cm³/mol. The number of hydrogen-bond donors (Lipinski definition) is 2. The molecule has 21 heavy (non-hydrogen) atoms. The third-order valence-corrected chi connectivity index (χ3v) is 4.76. The van der Waals surface area contributed by atoms with Gasteiger partial charge in [-0.3, -0.25) is 4.90 Å². The number of rotatable bonds is 5. The van der Waals surface area contributed by atoms with Crippen molar-refractivity contribution in [3.8, 4) is 0 Å². The molecule has 1 heterocycles. The normalized spacial score (nSPS) is 22.1. The van der Waals surface area contributed by atoms with Crippen molar-refractivity contribution in [2.24, 2.45) is 11.1 Å². The molecule has 1 aliphatic heterocycles. The average Bonchev–Trinajstić information content (AvgIpc) is 2.44. The molecule has 5 nitrogen and oxygen atoms in total. The van der Waals surface area contributed by atoms with Crippen molar-refractivity contribution in [3.05, 3.63) is 35.4 Å². The number of aryl methyl sites for hydroxylation is 1. The Morgan fingerprint density at radius 2 is 2.24 bits per heavy atom. The third-order valence-electron chi connectivity index (χ3n) is 4.20. The largest absolute Gasteiger partial charge is 0.296 e. The van der Waals surface area contributed by atoms with Crippen LogP contribution in [0.15, 0.2) is 24.3 Å². The highest BCUT2D eigenvalue weighted by Crippen LogP contribution is 2.26. The van der Waals surface area contributed by atoms with Crippen LogP contribution in [0.2, 0.25) is 0 Å². The summed E-state index contributed by atoms with van der Waals surface area (Å²) in [5.74, 6) is 0.323. The Bertz CT molecular complexity index is 574. The van der Waals surface area contributed by atoms with E-state index in [1.165, 1.54) is 11.1 Å². The predicted octanol–water partition coefficient (Wildman–Crippen LogP) is 1.56. The van der Waals surface area contributed by atoms with Gasteiger partial charge in [0.25, 0.3) is 10.2 Å². The molecule has 0 radical (unpaired) electrons. The first-order chi connectivity index (χ1) is 9.85. The summed E-state index contributed by atoms with van der Waals surface area (Å²) in [7, 11) is -3.59. The molecular weight excluding hydrogens is 286 g/mol. The fraction of sp³-hybridized carbons (Fsp3) is 0.600. The van der Waals surface area contributed by atoms with Crippen LogP contribution in [-0.2, 0) is 10.2 Å². The summed E-state index contributed by atoms with van der Waals surface area (Å²) in [6, 6.07) is 8.92. The van der Waals surface area contributed by atoms with E-state index in [0.29, 0.717) is 18.5 Å². The number of nitrogens with one attached hydrogen (secondary N) is 1. The Kier molecular flexibility index (Phi) is 5.37. The molecule has 0 unspecified atom stereocenters. The zero-order valence-electron chi connectivity index (χ0n) is 12.7. The monoisotopic (exact) mass is 311 g/mol. The Balaban J connectivity index is 1.97. The van der Waals surface area contributed by atoms with E-state index >= 15 is 0 Å². The molecule has 0 spiro atoms. The quantitative estimate of drug-likeness (QED) is 0.866. The molecule has 6 heteroatoms. The maximum Gasteiger partial charge on any atom is 0.274 e. The van der Waals surface area contributed by atoms with E-state index in [1.54, 1.807) is 0 Å². The van der Waals surface area contributed by atoms with Gasteiger partial charge in [0.1, 0.15) is 0 Å². The molecule has 1 aromatic rings. The van der Waals surface area contributed by atoms with Crippen molar-refractivity contribution in [3.63, 3.8) is 0 Å². The molecular formula is C15H25N3O2S. The molecule has 2 rings (SSSR count). The lowest BCUT2D eigenvalue weighted by molar-refractivity contribution is 0.133. The minimum Gasteiger partial charge on any atom is -0.296 e. The van der Waals surface area contributed by atoms with Crippen molar-refractivity contribution in [2.75, 3.05) is 19.6 Å². The van der Waals surface area contributed by atoms with Crippen LogP contribution in [0.1, 0.15) is 36.9 Å². The second-order valence-corrected chi connectivity index (χ2v) is 7.37. The molecule has 0 aromatic heterocycles. The first-order valence-corrected chi connectivity index (χ1v) is 8.98. The highest BCUT2D eigenvalue weighted by atomic mass is 32.2. The van der Waals surface area contributed by atoms with E-state index in [9.17, 15) is 8.42 Å². The molecule has 0 amide bonds. The summed E-state index contributed by atoms with van der Waals surface area (Å²) in [5.41, 5.74) is 2.58. The topological polar surface area (TPSA) is 75.4 Å². The van der Waals surface area contributed by atoms with Gasteiger partial charge in [0.05, 0.1) is 0 Å². The molecule has 3 N–H and O–H groups in total. The Morgan fingerprint density at radius 1 is 1.48 bits per heavy atom. The average molecular weight is 311 g/mol. The molecule has 118 valence electrons. The van der Waals surface area contributed by atoms with Crippen molar-refractivity contribution in [1.29, 1.82) is 0 Å². The van der Waals surface area contributed by atoms with Gasteiger partial charge >= 0.3 is 0 Å². The van der Waals surface area contributed by atoms with Crippen LogP contribution < -0.4 is 9.86 Å². The number of piperidine rings is 1. The van der Waals surface area contributed by atoms with Gasteiger partial charge in [0.2, 0.25) is 0 Å². The summed E-state index contributed by atoms with van der Waals surface area (Å²) < 4.78 is 24.4. The number of likely N-dealkylation sites (tertiary alicyclic amines) is 1. The van der Waals surface area contributed by atoms with E-state index in [2.05, 4.69) is 47.7 Å². The SMILES string of the molecule is Cc1cccc([C@H](C)N2CCC[C@@H](CNS(N)(=O)=O)C2)c1. The van der Waals surface area contributed by atoms with Crippen molar-refractivity contribution in [1.82, 2.24) is 9.62 Å². The Labute approximate surface area is 127 Å². The maximum absolute atomic E-state index is 11.0. The lowest BCUT2D eigenvalue weighted by Crippen LogP contribution is -2.43. The van der Waals surface area contributed by atoms with Crippen molar-refractivity contribution in [2.45, 2.75) is 32.7 Å². The summed E-state index contributed by atoms with van der Waals surface area (Å²) in [4.78, 5) is 2.42.